The number of imidazole rings is 1. The molecule has 4 heteroatoms. The summed E-state index contributed by atoms with van der Waals surface area (Å²) in [4.78, 5) is 4.45. The lowest BCUT2D eigenvalue weighted by atomic mass is 10.1. The molecule has 0 spiro atoms. The summed E-state index contributed by atoms with van der Waals surface area (Å²) in [5, 5.41) is 4.48. The minimum absolute atomic E-state index is 0.587. The Balaban J connectivity index is 1.97. The van der Waals surface area contributed by atoms with Gasteiger partial charge in [0.1, 0.15) is 5.82 Å². The van der Waals surface area contributed by atoms with Crippen LogP contribution in [0.3, 0.4) is 0 Å². The standard InChI is InChI=1S/C13H23N3S/c1-3-6-14-11(12-5-4-9-17-12)10-13-15-7-8-16(13)2/h7-8,11-12,14H,3-6,9-10H2,1-2H3. The zero-order valence-corrected chi connectivity index (χ0v) is 11.7. The van der Waals surface area contributed by atoms with Gasteiger partial charge in [0.15, 0.2) is 0 Å². The maximum Gasteiger partial charge on any atom is 0.109 e. The summed E-state index contributed by atoms with van der Waals surface area (Å²) < 4.78 is 2.14. The molecule has 0 aliphatic carbocycles. The third kappa shape index (κ3) is 3.49. The third-order valence-electron chi connectivity index (χ3n) is 3.39. The zero-order valence-electron chi connectivity index (χ0n) is 10.9. The Labute approximate surface area is 108 Å². The van der Waals surface area contributed by atoms with Crippen LogP contribution in [0.4, 0.5) is 0 Å². The summed E-state index contributed by atoms with van der Waals surface area (Å²) in [6.45, 7) is 3.35. The lowest BCUT2D eigenvalue weighted by molar-refractivity contribution is 0.469. The number of thioether (sulfide) groups is 1. The Hall–Kier alpha value is -0.480. The Kier molecular flexibility index (Phi) is 4.92. The van der Waals surface area contributed by atoms with Crippen LogP contribution in [0.25, 0.3) is 0 Å². The van der Waals surface area contributed by atoms with Crippen molar-refractivity contribution in [1.82, 2.24) is 14.9 Å². The fourth-order valence-corrected chi connectivity index (χ4v) is 3.77. The van der Waals surface area contributed by atoms with Crippen molar-refractivity contribution in [3.63, 3.8) is 0 Å². The summed E-state index contributed by atoms with van der Waals surface area (Å²) in [7, 11) is 2.08. The number of nitrogens with zero attached hydrogens (tertiary/aromatic N) is 2. The first-order valence-corrected chi connectivity index (χ1v) is 7.67. The zero-order chi connectivity index (χ0) is 12.1. The van der Waals surface area contributed by atoms with Gasteiger partial charge in [-0.1, -0.05) is 6.92 Å². The van der Waals surface area contributed by atoms with Gasteiger partial charge in [-0.15, -0.1) is 0 Å². The van der Waals surface area contributed by atoms with Gasteiger partial charge in [-0.3, -0.25) is 0 Å². The summed E-state index contributed by atoms with van der Waals surface area (Å²) in [5.41, 5.74) is 0. The van der Waals surface area contributed by atoms with Gasteiger partial charge in [0.2, 0.25) is 0 Å². The van der Waals surface area contributed by atoms with Crippen LogP contribution in [0.2, 0.25) is 0 Å². The van der Waals surface area contributed by atoms with Gasteiger partial charge in [-0.25, -0.2) is 4.98 Å². The number of rotatable bonds is 6. The highest BCUT2D eigenvalue weighted by molar-refractivity contribution is 8.00. The molecule has 0 radical (unpaired) electrons. The molecule has 1 aliphatic heterocycles. The van der Waals surface area contributed by atoms with Crippen LogP contribution < -0.4 is 5.32 Å². The number of aromatic nitrogens is 2. The fourth-order valence-electron chi connectivity index (χ4n) is 2.37. The molecular weight excluding hydrogens is 230 g/mol. The quantitative estimate of drug-likeness (QED) is 0.843. The summed E-state index contributed by atoms with van der Waals surface area (Å²) in [6, 6.07) is 0.587. The van der Waals surface area contributed by atoms with Gasteiger partial charge in [0.05, 0.1) is 0 Å². The number of aryl methyl sites for hydroxylation is 1. The third-order valence-corrected chi connectivity index (χ3v) is 4.91. The predicted octanol–water partition coefficient (Wildman–Crippen LogP) is 2.23. The minimum atomic E-state index is 0.587. The molecule has 3 nitrogen and oxygen atoms in total. The van der Waals surface area contributed by atoms with Gasteiger partial charge in [0.25, 0.3) is 0 Å². The van der Waals surface area contributed by atoms with Crippen LogP contribution in [-0.4, -0.2) is 33.1 Å². The molecule has 0 bridgehead atoms. The topological polar surface area (TPSA) is 29.9 Å². The number of hydrogen-bond donors (Lipinski definition) is 1. The van der Waals surface area contributed by atoms with Crippen LogP contribution in [-0.2, 0) is 13.5 Å². The molecule has 0 amide bonds. The molecule has 1 aliphatic rings. The van der Waals surface area contributed by atoms with Gasteiger partial charge in [-0.05, 0) is 31.6 Å². The largest absolute Gasteiger partial charge is 0.338 e. The summed E-state index contributed by atoms with van der Waals surface area (Å²) in [5.74, 6) is 2.53. The van der Waals surface area contributed by atoms with Crippen LogP contribution in [0, 0.1) is 0 Å². The molecule has 0 aromatic carbocycles. The average Bonchev–Trinajstić information content (AvgIpc) is 2.96. The second kappa shape index (κ2) is 6.45. The molecular formula is C13H23N3S. The fraction of sp³-hybridized carbons (Fsp3) is 0.769. The Morgan fingerprint density at radius 2 is 2.53 bits per heavy atom. The van der Waals surface area contributed by atoms with E-state index in [4.69, 9.17) is 0 Å². The average molecular weight is 253 g/mol. The molecule has 96 valence electrons. The van der Waals surface area contributed by atoms with E-state index in [9.17, 15) is 0 Å². The van der Waals surface area contributed by atoms with E-state index in [0.29, 0.717) is 6.04 Å². The molecule has 2 rings (SSSR count). The molecule has 17 heavy (non-hydrogen) atoms. The first-order chi connectivity index (χ1) is 8.31. The van der Waals surface area contributed by atoms with E-state index in [1.807, 2.05) is 12.4 Å². The van der Waals surface area contributed by atoms with Crippen molar-refractivity contribution < 1.29 is 0 Å². The predicted molar refractivity (Wildman–Crippen MR) is 74.5 cm³/mol. The maximum atomic E-state index is 4.45. The molecule has 2 heterocycles. The summed E-state index contributed by atoms with van der Waals surface area (Å²) in [6.07, 6.45) is 8.92. The van der Waals surface area contributed by atoms with Crippen molar-refractivity contribution in [2.24, 2.45) is 7.05 Å². The van der Waals surface area contributed by atoms with Crippen LogP contribution >= 0.6 is 11.8 Å². The maximum absolute atomic E-state index is 4.45. The minimum Gasteiger partial charge on any atom is -0.338 e. The second-order valence-corrected chi connectivity index (χ2v) is 6.12. The van der Waals surface area contributed by atoms with Gasteiger partial charge >= 0.3 is 0 Å². The van der Waals surface area contributed by atoms with Crippen molar-refractivity contribution in [1.29, 1.82) is 0 Å². The Bertz CT molecular complexity index is 331. The van der Waals surface area contributed by atoms with Crippen molar-refractivity contribution in [3.8, 4) is 0 Å². The normalized spacial score (nSPS) is 21.9. The van der Waals surface area contributed by atoms with Crippen LogP contribution in [0.1, 0.15) is 32.0 Å². The van der Waals surface area contributed by atoms with E-state index in [0.717, 1.165) is 18.2 Å². The molecule has 1 N–H and O–H groups in total. The first-order valence-electron chi connectivity index (χ1n) is 6.62. The number of nitrogens with one attached hydrogen (secondary N) is 1. The second-order valence-electron chi connectivity index (χ2n) is 4.77. The van der Waals surface area contributed by atoms with E-state index < -0.39 is 0 Å². The first kappa shape index (κ1) is 13.0. The summed E-state index contributed by atoms with van der Waals surface area (Å²) >= 11 is 2.13. The molecule has 2 unspecified atom stereocenters. The van der Waals surface area contributed by atoms with Gasteiger partial charge in [-0.2, -0.15) is 11.8 Å². The van der Waals surface area contributed by atoms with Crippen molar-refractivity contribution in [3.05, 3.63) is 18.2 Å². The van der Waals surface area contributed by atoms with E-state index in [1.165, 1.54) is 30.8 Å². The van der Waals surface area contributed by atoms with Crippen LogP contribution in [0.5, 0.6) is 0 Å². The molecule has 1 saturated heterocycles. The molecule has 0 saturated carbocycles. The van der Waals surface area contributed by atoms with E-state index >= 15 is 0 Å². The highest BCUT2D eigenvalue weighted by Crippen LogP contribution is 2.29. The van der Waals surface area contributed by atoms with E-state index in [2.05, 4.69) is 40.6 Å². The lowest BCUT2D eigenvalue weighted by Gasteiger charge is -2.24. The van der Waals surface area contributed by atoms with Crippen LogP contribution in [0.15, 0.2) is 12.4 Å². The molecule has 1 aromatic heterocycles. The van der Waals surface area contributed by atoms with Crippen molar-refractivity contribution in [2.45, 2.75) is 43.9 Å². The van der Waals surface area contributed by atoms with Crippen molar-refractivity contribution in [2.75, 3.05) is 12.3 Å². The molecule has 2 atom stereocenters. The monoisotopic (exact) mass is 253 g/mol. The number of hydrogen-bond acceptors (Lipinski definition) is 3. The van der Waals surface area contributed by atoms with E-state index in [1.54, 1.807) is 0 Å². The van der Waals surface area contributed by atoms with E-state index in [-0.39, 0.29) is 0 Å². The van der Waals surface area contributed by atoms with Crippen molar-refractivity contribution >= 4 is 11.8 Å². The highest BCUT2D eigenvalue weighted by Gasteiger charge is 2.26. The lowest BCUT2D eigenvalue weighted by Crippen LogP contribution is -2.40. The SMILES string of the molecule is CCCNC(Cc1nccn1C)C1CCCS1. The smallest absolute Gasteiger partial charge is 0.109 e. The molecule has 1 aromatic rings. The Morgan fingerprint density at radius 1 is 1.65 bits per heavy atom. The highest BCUT2D eigenvalue weighted by atomic mass is 32.2. The Morgan fingerprint density at radius 3 is 3.12 bits per heavy atom. The molecule has 1 fully saturated rings. The van der Waals surface area contributed by atoms with Gasteiger partial charge in [0, 0.05) is 37.2 Å². The van der Waals surface area contributed by atoms with Gasteiger partial charge < -0.3 is 9.88 Å².